The molecule has 1 saturated carbocycles. The first-order valence-corrected chi connectivity index (χ1v) is 22.3. The average Bonchev–Trinajstić information content (AvgIpc) is 3.86. The smallest absolute Gasteiger partial charge is 0.310 e. The summed E-state index contributed by atoms with van der Waals surface area (Å²) >= 11 is 7.26. The van der Waals surface area contributed by atoms with Crippen molar-refractivity contribution in [3.8, 4) is 19.5 Å². The van der Waals surface area contributed by atoms with E-state index in [0.717, 1.165) is 17.5 Å². The van der Waals surface area contributed by atoms with Gasteiger partial charge in [0.05, 0.1) is 26.1 Å². The maximum Gasteiger partial charge on any atom is 0.310 e. The van der Waals surface area contributed by atoms with Crippen LogP contribution in [0.2, 0.25) is 0 Å². The lowest BCUT2D eigenvalue weighted by Crippen LogP contribution is -2.30. The quantitative estimate of drug-likeness (QED) is 0.119. The Balaban J connectivity index is 1.10. The minimum atomic E-state index is -0.192. The van der Waals surface area contributed by atoms with E-state index in [4.69, 9.17) is 9.47 Å². The molecule has 53 heavy (non-hydrogen) atoms. The van der Waals surface area contributed by atoms with Crippen LogP contribution in [0, 0.1) is 23.7 Å². The van der Waals surface area contributed by atoms with E-state index in [1.165, 1.54) is 39.0 Å². The maximum atomic E-state index is 13.5. The van der Waals surface area contributed by atoms with Gasteiger partial charge in [0.25, 0.3) is 0 Å². The van der Waals surface area contributed by atoms with E-state index < -0.39 is 0 Å². The number of carbonyl (C=O) groups is 2. The zero-order chi connectivity index (χ0) is 38.7. The van der Waals surface area contributed by atoms with Crippen LogP contribution in [0.3, 0.4) is 0 Å². The van der Waals surface area contributed by atoms with Crippen LogP contribution in [0.1, 0.15) is 120 Å². The third-order valence-corrected chi connectivity index (χ3v) is 17.1. The van der Waals surface area contributed by atoms with Gasteiger partial charge in [0.1, 0.15) is 0 Å². The van der Waals surface area contributed by atoms with Crippen LogP contribution in [-0.2, 0) is 53.6 Å². The van der Waals surface area contributed by atoms with Crippen molar-refractivity contribution in [2.45, 2.75) is 124 Å². The zero-order valence-electron chi connectivity index (χ0n) is 33.7. The Kier molecular flexibility index (Phi) is 11.3. The molecule has 4 heterocycles. The highest BCUT2D eigenvalue weighted by molar-refractivity contribution is 7.23. The Hall–Kier alpha value is -2.52. The van der Waals surface area contributed by atoms with Crippen molar-refractivity contribution in [3.63, 3.8) is 0 Å². The molecule has 2 aliphatic carbocycles. The minimum absolute atomic E-state index is 0.00792. The van der Waals surface area contributed by atoms with E-state index in [2.05, 4.69) is 132 Å². The molecule has 0 N–H and O–H groups in total. The normalized spacial score (nSPS) is 20.4. The third kappa shape index (κ3) is 9.14. The van der Waals surface area contributed by atoms with Gasteiger partial charge in [0, 0.05) is 50.9 Å². The van der Waals surface area contributed by atoms with Gasteiger partial charge in [-0.1, -0.05) is 95.2 Å². The van der Waals surface area contributed by atoms with E-state index in [9.17, 15) is 9.59 Å². The molecular formula is C45H58O4S4. The fraction of sp³-hybridized carbons (Fsp3) is 0.556. The van der Waals surface area contributed by atoms with Crippen LogP contribution in [0.5, 0.6) is 0 Å². The van der Waals surface area contributed by atoms with Crippen LogP contribution in [0.25, 0.3) is 19.5 Å². The Morgan fingerprint density at radius 1 is 0.566 bits per heavy atom. The number of rotatable bonds is 10. The molecule has 8 heteroatoms. The summed E-state index contributed by atoms with van der Waals surface area (Å²) in [6.07, 6.45) is 6.09. The number of esters is 2. The number of carbonyl (C=O) groups excluding carboxylic acids is 2. The lowest BCUT2D eigenvalue weighted by atomic mass is 9.84. The summed E-state index contributed by atoms with van der Waals surface area (Å²) in [5, 5.41) is 0. The second-order valence-electron chi connectivity index (χ2n) is 19.3. The molecule has 286 valence electrons. The van der Waals surface area contributed by atoms with Crippen molar-refractivity contribution in [2.24, 2.45) is 23.7 Å². The first-order chi connectivity index (χ1) is 24.6. The highest BCUT2D eigenvalue weighted by Gasteiger charge is 2.45. The Morgan fingerprint density at radius 3 is 1.55 bits per heavy atom. The van der Waals surface area contributed by atoms with E-state index in [1.54, 1.807) is 22.7 Å². The predicted octanol–water partition coefficient (Wildman–Crippen LogP) is 12.8. The van der Waals surface area contributed by atoms with Gasteiger partial charge in [-0.2, -0.15) is 0 Å². The molecule has 4 unspecified atom stereocenters. The molecule has 4 nitrogen and oxygen atoms in total. The Labute approximate surface area is 334 Å². The van der Waals surface area contributed by atoms with Crippen molar-refractivity contribution >= 4 is 57.3 Å². The molecule has 0 spiro atoms. The predicted molar refractivity (Wildman–Crippen MR) is 227 cm³/mol. The lowest BCUT2D eigenvalue weighted by Gasteiger charge is -2.27. The zero-order valence-corrected chi connectivity index (χ0v) is 37.0. The molecule has 0 aliphatic heterocycles. The first-order valence-electron chi connectivity index (χ1n) is 19.1. The van der Waals surface area contributed by atoms with Crippen molar-refractivity contribution < 1.29 is 19.1 Å². The van der Waals surface area contributed by atoms with Crippen LogP contribution >= 0.6 is 45.3 Å². The first kappa shape index (κ1) is 40.2. The third-order valence-electron chi connectivity index (χ3n) is 10.5. The van der Waals surface area contributed by atoms with Crippen molar-refractivity contribution in [3.05, 3.63) is 79.2 Å². The topological polar surface area (TPSA) is 52.6 Å². The fourth-order valence-electron chi connectivity index (χ4n) is 7.50. The second kappa shape index (κ2) is 14.9. The van der Waals surface area contributed by atoms with E-state index >= 15 is 0 Å². The molecule has 0 amide bonds. The molecule has 0 saturated heterocycles. The van der Waals surface area contributed by atoms with Gasteiger partial charge in [0.2, 0.25) is 0 Å². The number of thiophene rings is 4. The van der Waals surface area contributed by atoms with Gasteiger partial charge in [-0.05, 0) is 87.4 Å². The molecule has 0 aromatic carbocycles. The molecule has 2 bridgehead atoms. The molecule has 0 radical (unpaired) electrons. The monoisotopic (exact) mass is 790 g/mol. The number of hydrogen-bond donors (Lipinski definition) is 0. The van der Waals surface area contributed by atoms with Crippen LogP contribution < -0.4 is 0 Å². The molecule has 4 aromatic rings. The summed E-state index contributed by atoms with van der Waals surface area (Å²) < 4.78 is 12.1. The summed E-state index contributed by atoms with van der Waals surface area (Å²) in [6, 6.07) is 13.3. The lowest BCUT2D eigenvalue weighted by molar-refractivity contribution is -0.149. The fourth-order valence-corrected chi connectivity index (χ4v) is 12.3. The summed E-state index contributed by atoms with van der Waals surface area (Å²) in [6.45, 7) is 27.5. The SMILES string of the molecule is CC(C)(C)c1ccc(-c2cc(CC(=O)OCC3C4C=CC(C4)C3COC(=O)Cc3cc(C(C)(C)C)sc3-c3ccc(C(C)(C)C)s3)c(C(C)(C)C)s2)s1. The van der Waals surface area contributed by atoms with Gasteiger partial charge < -0.3 is 9.47 Å². The molecule has 4 aromatic heterocycles. The highest BCUT2D eigenvalue weighted by Crippen LogP contribution is 2.49. The highest BCUT2D eigenvalue weighted by atomic mass is 32.1. The van der Waals surface area contributed by atoms with Crippen LogP contribution in [-0.4, -0.2) is 25.2 Å². The average molecular weight is 791 g/mol. The van der Waals surface area contributed by atoms with Gasteiger partial charge in [0.15, 0.2) is 0 Å². The summed E-state index contributed by atoms with van der Waals surface area (Å²) in [5.41, 5.74) is 2.21. The van der Waals surface area contributed by atoms with Crippen molar-refractivity contribution in [1.82, 2.24) is 0 Å². The summed E-state index contributed by atoms with van der Waals surface area (Å²) in [5.74, 6) is 0.607. The summed E-state index contributed by atoms with van der Waals surface area (Å²) in [4.78, 5) is 37.1. The number of ether oxygens (including phenoxy) is 2. The molecule has 6 rings (SSSR count). The minimum Gasteiger partial charge on any atom is -0.465 e. The Bertz CT molecular complexity index is 1970. The molecule has 2 aliphatic rings. The molecular weight excluding hydrogens is 733 g/mol. The van der Waals surface area contributed by atoms with Gasteiger partial charge in [-0.3, -0.25) is 9.59 Å². The van der Waals surface area contributed by atoms with Crippen molar-refractivity contribution in [1.29, 1.82) is 0 Å². The van der Waals surface area contributed by atoms with Crippen molar-refractivity contribution in [2.75, 3.05) is 13.2 Å². The maximum absolute atomic E-state index is 13.5. The van der Waals surface area contributed by atoms with E-state index in [1.807, 2.05) is 22.7 Å². The number of allylic oxidation sites excluding steroid dienone is 2. The number of hydrogen-bond acceptors (Lipinski definition) is 8. The molecule has 1 fully saturated rings. The largest absolute Gasteiger partial charge is 0.465 e. The van der Waals surface area contributed by atoms with Crippen LogP contribution in [0.4, 0.5) is 0 Å². The van der Waals surface area contributed by atoms with Gasteiger partial charge in [-0.15, -0.1) is 45.3 Å². The number of fused-ring (bicyclic) bond motifs is 2. The van der Waals surface area contributed by atoms with Gasteiger partial charge >= 0.3 is 11.9 Å². The molecule has 4 atom stereocenters. The Morgan fingerprint density at radius 2 is 1.06 bits per heavy atom. The van der Waals surface area contributed by atoms with Crippen LogP contribution in [0.15, 0.2) is 48.6 Å². The standard InChI is InChI=1S/C45H58O4S4/c1-42(2,3)35-17-15-32(50-35)34-20-29(41(52-34)45(10,11)12)23-39(47)49-25-31-27-14-13-26(19-27)30(31)24-48-38(46)22-28-21-37(44(7,8)9)53-40(28)33-16-18-36(51-33)43(4,5)6/h13-18,20-21,26-27,30-31H,19,22-25H2,1-12H3. The van der Waals surface area contributed by atoms with E-state index in [0.29, 0.717) is 25.0 Å². The van der Waals surface area contributed by atoms with Gasteiger partial charge in [-0.25, -0.2) is 0 Å². The summed E-state index contributed by atoms with van der Waals surface area (Å²) in [7, 11) is 0. The second-order valence-corrected chi connectivity index (χ2v) is 23.5. The van der Waals surface area contributed by atoms with E-state index in [-0.39, 0.29) is 58.3 Å².